The third-order valence-electron chi connectivity index (χ3n) is 4.26. The number of rotatable bonds is 2. The highest BCUT2D eigenvalue weighted by Crippen LogP contribution is 2.50. The van der Waals surface area contributed by atoms with E-state index in [4.69, 9.17) is 24.7 Å². The SMILES string of the molecule is COc1c(Br)cc(Br)cc1[C@H]1C(C#N)=C(N)Oc2cc3c(cc21)OCO3. The highest BCUT2D eigenvalue weighted by molar-refractivity contribution is 9.11. The van der Waals surface area contributed by atoms with Gasteiger partial charge in [0.1, 0.15) is 23.1 Å². The van der Waals surface area contributed by atoms with Crippen LogP contribution in [0.25, 0.3) is 0 Å². The van der Waals surface area contributed by atoms with Gasteiger partial charge in [0, 0.05) is 21.7 Å². The highest BCUT2D eigenvalue weighted by Gasteiger charge is 2.35. The summed E-state index contributed by atoms with van der Waals surface area (Å²) in [5.74, 6) is 1.91. The molecule has 0 amide bonds. The van der Waals surface area contributed by atoms with Crippen LogP contribution in [0.2, 0.25) is 0 Å². The lowest BCUT2D eigenvalue weighted by Gasteiger charge is -2.28. The van der Waals surface area contributed by atoms with Crippen LogP contribution in [0.5, 0.6) is 23.0 Å². The van der Waals surface area contributed by atoms with E-state index in [1.807, 2.05) is 18.2 Å². The van der Waals surface area contributed by atoms with Crippen LogP contribution < -0.4 is 24.7 Å². The van der Waals surface area contributed by atoms with E-state index in [1.165, 1.54) is 0 Å². The number of hydrogen-bond acceptors (Lipinski definition) is 6. The van der Waals surface area contributed by atoms with Crippen LogP contribution in [0.3, 0.4) is 0 Å². The van der Waals surface area contributed by atoms with Gasteiger partial charge in [0.15, 0.2) is 11.5 Å². The summed E-state index contributed by atoms with van der Waals surface area (Å²) in [7, 11) is 1.58. The Morgan fingerprint density at radius 1 is 1.12 bits per heavy atom. The number of hydrogen-bond donors (Lipinski definition) is 1. The number of benzene rings is 2. The van der Waals surface area contributed by atoms with Gasteiger partial charge in [0.2, 0.25) is 12.7 Å². The molecule has 0 saturated heterocycles. The largest absolute Gasteiger partial charge is 0.495 e. The van der Waals surface area contributed by atoms with E-state index in [0.717, 1.165) is 20.1 Å². The molecule has 2 aliphatic rings. The van der Waals surface area contributed by atoms with Crippen LogP contribution in [-0.4, -0.2) is 13.9 Å². The molecule has 0 bridgehead atoms. The summed E-state index contributed by atoms with van der Waals surface area (Å²) in [6, 6.07) is 9.50. The minimum absolute atomic E-state index is 0.0574. The summed E-state index contributed by atoms with van der Waals surface area (Å²) in [5, 5.41) is 9.73. The third-order valence-corrected chi connectivity index (χ3v) is 5.31. The maximum absolute atomic E-state index is 9.73. The fourth-order valence-electron chi connectivity index (χ4n) is 3.18. The summed E-state index contributed by atoms with van der Waals surface area (Å²) in [6.45, 7) is 0.142. The van der Waals surface area contributed by atoms with Gasteiger partial charge in [-0.05, 0) is 34.1 Å². The van der Waals surface area contributed by atoms with Crippen molar-refractivity contribution in [3.8, 4) is 29.1 Å². The van der Waals surface area contributed by atoms with Crippen LogP contribution in [0.1, 0.15) is 17.0 Å². The Hall–Kier alpha value is -2.37. The summed E-state index contributed by atoms with van der Waals surface area (Å²) >= 11 is 7.01. The van der Waals surface area contributed by atoms with Crippen molar-refractivity contribution in [1.82, 2.24) is 0 Å². The lowest BCUT2D eigenvalue weighted by molar-refractivity contribution is 0.174. The molecule has 2 aliphatic heterocycles. The number of halogens is 2. The van der Waals surface area contributed by atoms with E-state index in [-0.39, 0.29) is 12.7 Å². The number of methoxy groups -OCH3 is 1. The molecule has 4 rings (SSSR count). The molecule has 6 nitrogen and oxygen atoms in total. The zero-order valence-corrected chi connectivity index (χ0v) is 16.7. The van der Waals surface area contributed by atoms with E-state index in [1.54, 1.807) is 13.2 Å². The van der Waals surface area contributed by atoms with Crippen molar-refractivity contribution in [2.75, 3.05) is 13.9 Å². The number of ether oxygens (including phenoxy) is 4. The maximum atomic E-state index is 9.73. The van der Waals surface area contributed by atoms with Gasteiger partial charge >= 0.3 is 0 Å². The normalized spacial score (nSPS) is 17.4. The second kappa shape index (κ2) is 6.41. The van der Waals surface area contributed by atoms with Crippen molar-refractivity contribution in [2.24, 2.45) is 5.73 Å². The van der Waals surface area contributed by atoms with E-state index in [9.17, 15) is 5.26 Å². The number of nitrogens with zero attached hydrogens (tertiary/aromatic N) is 1. The first-order valence-corrected chi connectivity index (χ1v) is 9.16. The summed E-state index contributed by atoms with van der Waals surface area (Å²) in [5.41, 5.74) is 7.88. The molecular weight excluding hydrogens is 468 g/mol. The van der Waals surface area contributed by atoms with Crippen LogP contribution in [-0.2, 0) is 0 Å². The van der Waals surface area contributed by atoms with Crippen LogP contribution in [0, 0.1) is 11.3 Å². The Morgan fingerprint density at radius 3 is 2.54 bits per heavy atom. The lowest BCUT2D eigenvalue weighted by atomic mass is 9.83. The molecular formula is C18H12Br2N2O4. The summed E-state index contributed by atoms with van der Waals surface area (Å²) < 4.78 is 23.8. The summed E-state index contributed by atoms with van der Waals surface area (Å²) in [4.78, 5) is 0. The van der Waals surface area contributed by atoms with Gasteiger partial charge < -0.3 is 24.7 Å². The number of allylic oxidation sites excluding steroid dienone is 1. The quantitative estimate of drug-likeness (QED) is 0.695. The molecule has 0 radical (unpaired) electrons. The molecule has 2 heterocycles. The smallest absolute Gasteiger partial charge is 0.231 e. The van der Waals surface area contributed by atoms with E-state index in [0.29, 0.717) is 28.6 Å². The Balaban J connectivity index is 2.00. The van der Waals surface area contributed by atoms with Crippen LogP contribution in [0.15, 0.2) is 44.7 Å². The topological polar surface area (TPSA) is 86.7 Å². The zero-order chi connectivity index (χ0) is 18.4. The van der Waals surface area contributed by atoms with E-state index in [2.05, 4.69) is 37.9 Å². The molecule has 0 spiro atoms. The molecule has 132 valence electrons. The highest BCUT2D eigenvalue weighted by atomic mass is 79.9. The Kier molecular flexibility index (Phi) is 4.21. The van der Waals surface area contributed by atoms with Gasteiger partial charge in [-0.3, -0.25) is 0 Å². The molecule has 0 saturated carbocycles. The average molecular weight is 480 g/mol. The molecule has 0 aromatic heterocycles. The predicted octanol–water partition coefficient (Wildman–Crippen LogP) is 4.17. The molecule has 2 aromatic carbocycles. The van der Waals surface area contributed by atoms with Gasteiger partial charge in [0.05, 0.1) is 17.5 Å². The lowest BCUT2D eigenvalue weighted by Crippen LogP contribution is -2.21. The maximum Gasteiger partial charge on any atom is 0.231 e. The van der Waals surface area contributed by atoms with E-state index < -0.39 is 5.92 Å². The van der Waals surface area contributed by atoms with Gasteiger partial charge in [0.25, 0.3) is 0 Å². The number of nitriles is 1. The molecule has 1 atom stereocenters. The van der Waals surface area contributed by atoms with Crippen molar-refractivity contribution < 1.29 is 18.9 Å². The molecule has 8 heteroatoms. The van der Waals surface area contributed by atoms with Crippen molar-refractivity contribution in [2.45, 2.75) is 5.92 Å². The second-order valence-electron chi connectivity index (χ2n) is 5.68. The fourth-order valence-corrected chi connectivity index (χ4v) is 4.60. The third kappa shape index (κ3) is 2.59. The zero-order valence-electron chi connectivity index (χ0n) is 13.5. The first-order valence-electron chi connectivity index (χ1n) is 7.57. The number of fused-ring (bicyclic) bond motifs is 2. The molecule has 2 N–H and O–H groups in total. The minimum Gasteiger partial charge on any atom is -0.495 e. The Labute approximate surface area is 166 Å². The number of nitrogens with two attached hydrogens (primary N) is 1. The van der Waals surface area contributed by atoms with Crippen LogP contribution in [0.4, 0.5) is 0 Å². The standard InChI is InChI=1S/C18H12Br2N2O4/c1-23-17-10(2-8(19)3-12(17)20)16-9-4-14-15(25-7-24-14)5-13(9)26-18(22)11(16)6-21/h2-5,16H,7,22H2,1H3/t16-/m0/s1. The molecule has 2 aromatic rings. The first kappa shape index (κ1) is 17.1. The van der Waals surface area contributed by atoms with Gasteiger partial charge in [-0.1, -0.05) is 15.9 Å². The second-order valence-corrected chi connectivity index (χ2v) is 7.45. The Morgan fingerprint density at radius 2 is 1.85 bits per heavy atom. The van der Waals surface area contributed by atoms with Crippen LogP contribution >= 0.6 is 31.9 Å². The van der Waals surface area contributed by atoms with Gasteiger partial charge in [-0.2, -0.15) is 5.26 Å². The van der Waals surface area contributed by atoms with Crippen molar-refractivity contribution in [3.05, 3.63) is 55.8 Å². The first-order chi connectivity index (χ1) is 12.5. The van der Waals surface area contributed by atoms with Gasteiger partial charge in [-0.15, -0.1) is 0 Å². The monoisotopic (exact) mass is 478 g/mol. The molecule has 26 heavy (non-hydrogen) atoms. The minimum atomic E-state index is -0.470. The average Bonchev–Trinajstić information content (AvgIpc) is 3.05. The molecule has 0 fully saturated rings. The van der Waals surface area contributed by atoms with E-state index >= 15 is 0 Å². The van der Waals surface area contributed by atoms with Crippen molar-refractivity contribution >= 4 is 31.9 Å². The predicted molar refractivity (Wildman–Crippen MR) is 100 cm³/mol. The summed E-state index contributed by atoms with van der Waals surface area (Å²) in [6.07, 6.45) is 0. The molecule has 0 unspecified atom stereocenters. The van der Waals surface area contributed by atoms with Crippen molar-refractivity contribution in [1.29, 1.82) is 5.26 Å². The fraction of sp³-hybridized carbons (Fsp3) is 0.167. The molecule has 0 aliphatic carbocycles. The van der Waals surface area contributed by atoms with Gasteiger partial charge in [-0.25, -0.2) is 0 Å². The van der Waals surface area contributed by atoms with Crippen molar-refractivity contribution in [3.63, 3.8) is 0 Å². The Bertz CT molecular complexity index is 998.